The van der Waals surface area contributed by atoms with Crippen LogP contribution in [0.2, 0.25) is 0 Å². The van der Waals surface area contributed by atoms with E-state index in [4.69, 9.17) is 5.73 Å². The lowest BCUT2D eigenvalue weighted by Gasteiger charge is -2.31. The monoisotopic (exact) mass is 266 g/mol. The number of benzene rings is 1. The predicted molar refractivity (Wildman–Crippen MR) is 75.2 cm³/mol. The molecule has 0 aromatic heterocycles. The summed E-state index contributed by atoms with van der Waals surface area (Å²) in [4.78, 5) is 2.39. The molecule has 1 aliphatic heterocycles. The number of aliphatic hydroxyl groups is 1. The topological polar surface area (TPSA) is 49.5 Å². The Bertz CT molecular complexity index is 425. The summed E-state index contributed by atoms with van der Waals surface area (Å²) in [5.74, 6) is 0.313. The van der Waals surface area contributed by atoms with Gasteiger partial charge in [0.2, 0.25) is 0 Å². The number of likely N-dealkylation sites (tertiary alicyclic amines) is 1. The number of nitrogen functional groups attached to an aromatic ring is 1. The highest BCUT2D eigenvalue weighted by Crippen LogP contribution is 2.22. The van der Waals surface area contributed by atoms with Crippen LogP contribution in [0.15, 0.2) is 18.2 Å². The Labute approximate surface area is 114 Å². The van der Waals surface area contributed by atoms with E-state index in [1.54, 1.807) is 6.07 Å². The van der Waals surface area contributed by atoms with Gasteiger partial charge in [-0.1, -0.05) is 13.0 Å². The number of halogens is 1. The summed E-state index contributed by atoms with van der Waals surface area (Å²) in [5, 5.41) is 10.1. The number of anilines is 1. The second-order valence-electron chi connectivity index (χ2n) is 5.63. The Kier molecular flexibility index (Phi) is 4.77. The summed E-state index contributed by atoms with van der Waals surface area (Å²) in [6.07, 6.45) is 2.63. The van der Waals surface area contributed by atoms with E-state index in [-0.39, 0.29) is 5.69 Å². The quantitative estimate of drug-likeness (QED) is 0.823. The number of nitrogens with two attached hydrogens (primary N) is 1. The van der Waals surface area contributed by atoms with Crippen LogP contribution in [0.1, 0.15) is 37.9 Å². The molecule has 0 radical (unpaired) electrons. The Hall–Kier alpha value is -1.13. The first kappa shape index (κ1) is 14.3. The van der Waals surface area contributed by atoms with Gasteiger partial charge in [0, 0.05) is 13.1 Å². The molecule has 1 heterocycles. The minimum Gasteiger partial charge on any atom is -0.396 e. The first-order valence-electron chi connectivity index (χ1n) is 7.01. The SMILES string of the molecule is CC1CCCN(CCC(O)c2ccc(F)c(N)c2)C1. The van der Waals surface area contributed by atoms with Crippen LogP contribution in [-0.4, -0.2) is 29.6 Å². The van der Waals surface area contributed by atoms with Crippen LogP contribution in [0, 0.1) is 11.7 Å². The van der Waals surface area contributed by atoms with Gasteiger partial charge in [-0.25, -0.2) is 4.39 Å². The van der Waals surface area contributed by atoms with Crippen molar-refractivity contribution in [1.82, 2.24) is 4.90 Å². The van der Waals surface area contributed by atoms with Gasteiger partial charge in [0.25, 0.3) is 0 Å². The van der Waals surface area contributed by atoms with E-state index in [0.717, 1.165) is 25.6 Å². The average molecular weight is 266 g/mol. The van der Waals surface area contributed by atoms with Crippen molar-refractivity contribution in [2.24, 2.45) is 5.92 Å². The molecule has 0 spiro atoms. The van der Waals surface area contributed by atoms with Crippen LogP contribution < -0.4 is 5.73 Å². The van der Waals surface area contributed by atoms with Crippen LogP contribution in [0.3, 0.4) is 0 Å². The van der Waals surface area contributed by atoms with Crippen molar-refractivity contribution in [2.45, 2.75) is 32.3 Å². The highest BCUT2D eigenvalue weighted by molar-refractivity contribution is 5.43. The van der Waals surface area contributed by atoms with E-state index in [0.29, 0.717) is 12.0 Å². The normalized spacial score (nSPS) is 22.4. The average Bonchev–Trinajstić information content (AvgIpc) is 2.39. The fourth-order valence-corrected chi connectivity index (χ4v) is 2.73. The summed E-state index contributed by atoms with van der Waals surface area (Å²) < 4.78 is 13.1. The minimum atomic E-state index is -0.569. The molecule has 1 aromatic rings. The lowest BCUT2D eigenvalue weighted by molar-refractivity contribution is 0.122. The first-order valence-corrected chi connectivity index (χ1v) is 7.01. The number of nitrogens with zero attached hydrogens (tertiary/aromatic N) is 1. The van der Waals surface area contributed by atoms with Crippen LogP contribution in [0.4, 0.5) is 10.1 Å². The molecule has 1 saturated heterocycles. The second-order valence-corrected chi connectivity index (χ2v) is 5.63. The third-order valence-electron chi connectivity index (χ3n) is 3.86. The Morgan fingerprint density at radius 2 is 2.32 bits per heavy atom. The number of hydrogen-bond donors (Lipinski definition) is 2. The molecular weight excluding hydrogens is 243 g/mol. The fourth-order valence-electron chi connectivity index (χ4n) is 2.73. The summed E-state index contributed by atoms with van der Waals surface area (Å²) in [6, 6.07) is 4.45. The number of rotatable bonds is 4. The summed E-state index contributed by atoms with van der Waals surface area (Å²) >= 11 is 0. The summed E-state index contributed by atoms with van der Waals surface area (Å²) in [7, 11) is 0. The van der Waals surface area contributed by atoms with E-state index in [9.17, 15) is 9.50 Å². The molecule has 2 atom stereocenters. The molecule has 0 amide bonds. The van der Waals surface area contributed by atoms with Gasteiger partial charge < -0.3 is 15.7 Å². The van der Waals surface area contributed by atoms with Crippen LogP contribution in [0.5, 0.6) is 0 Å². The van der Waals surface area contributed by atoms with Gasteiger partial charge in [0.1, 0.15) is 5.82 Å². The smallest absolute Gasteiger partial charge is 0.146 e. The second kappa shape index (κ2) is 6.35. The van der Waals surface area contributed by atoms with Crippen LogP contribution >= 0.6 is 0 Å². The zero-order chi connectivity index (χ0) is 13.8. The van der Waals surface area contributed by atoms with Gasteiger partial charge in [-0.05, 0) is 49.4 Å². The highest BCUT2D eigenvalue weighted by atomic mass is 19.1. The lowest BCUT2D eigenvalue weighted by Crippen LogP contribution is -2.35. The maximum absolute atomic E-state index is 13.1. The molecule has 1 fully saturated rings. The molecule has 2 unspecified atom stereocenters. The third-order valence-corrected chi connectivity index (χ3v) is 3.86. The molecule has 2 rings (SSSR count). The van der Waals surface area contributed by atoms with E-state index in [1.165, 1.54) is 25.0 Å². The van der Waals surface area contributed by atoms with Gasteiger partial charge >= 0.3 is 0 Å². The maximum Gasteiger partial charge on any atom is 0.146 e. The highest BCUT2D eigenvalue weighted by Gasteiger charge is 2.17. The Morgan fingerprint density at radius 1 is 1.53 bits per heavy atom. The van der Waals surface area contributed by atoms with Crippen LogP contribution in [-0.2, 0) is 0 Å². The zero-order valence-electron chi connectivity index (χ0n) is 11.5. The van der Waals surface area contributed by atoms with Gasteiger partial charge in [-0.3, -0.25) is 0 Å². The zero-order valence-corrected chi connectivity index (χ0v) is 11.5. The van der Waals surface area contributed by atoms with E-state index < -0.39 is 11.9 Å². The largest absolute Gasteiger partial charge is 0.396 e. The molecule has 19 heavy (non-hydrogen) atoms. The van der Waals surface area contributed by atoms with E-state index in [1.807, 2.05) is 0 Å². The summed E-state index contributed by atoms with van der Waals surface area (Å²) in [6.45, 7) is 5.37. The van der Waals surface area contributed by atoms with Crippen LogP contribution in [0.25, 0.3) is 0 Å². The van der Waals surface area contributed by atoms with Gasteiger partial charge in [-0.15, -0.1) is 0 Å². The molecule has 3 N–H and O–H groups in total. The molecule has 106 valence electrons. The van der Waals surface area contributed by atoms with Crippen molar-refractivity contribution >= 4 is 5.69 Å². The maximum atomic E-state index is 13.1. The van der Waals surface area contributed by atoms with Crippen molar-refractivity contribution in [1.29, 1.82) is 0 Å². The number of piperidine rings is 1. The fraction of sp³-hybridized carbons (Fsp3) is 0.600. The van der Waals surface area contributed by atoms with Gasteiger partial charge in [0.05, 0.1) is 11.8 Å². The van der Waals surface area contributed by atoms with Crippen molar-refractivity contribution in [2.75, 3.05) is 25.4 Å². The molecule has 1 aromatic carbocycles. The summed E-state index contributed by atoms with van der Waals surface area (Å²) in [5.41, 5.74) is 6.32. The predicted octanol–water partition coefficient (Wildman–Crippen LogP) is 2.56. The molecule has 0 aliphatic carbocycles. The molecule has 0 saturated carbocycles. The molecular formula is C15H23FN2O. The van der Waals surface area contributed by atoms with Crippen molar-refractivity contribution in [3.05, 3.63) is 29.6 Å². The van der Waals surface area contributed by atoms with Crippen molar-refractivity contribution in [3.8, 4) is 0 Å². The molecule has 3 nitrogen and oxygen atoms in total. The minimum absolute atomic E-state index is 0.100. The molecule has 1 aliphatic rings. The standard InChI is InChI=1S/C15H23FN2O/c1-11-3-2-7-18(10-11)8-6-15(19)12-4-5-13(16)14(17)9-12/h4-5,9,11,15,19H,2-3,6-8,10,17H2,1H3. The third kappa shape index (κ3) is 3.91. The lowest BCUT2D eigenvalue weighted by atomic mass is 9.99. The number of hydrogen-bond acceptors (Lipinski definition) is 3. The molecule has 0 bridgehead atoms. The van der Waals surface area contributed by atoms with Crippen molar-refractivity contribution in [3.63, 3.8) is 0 Å². The van der Waals surface area contributed by atoms with E-state index in [2.05, 4.69) is 11.8 Å². The number of aliphatic hydroxyl groups excluding tert-OH is 1. The Morgan fingerprint density at radius 3 is 3.00 bits per heavy atom. The first-order chi connectivity index (χ1) is 9.06. The molecule has 4 heteroatoms. The van der Waals surface area contributed by atoms with Crippen molar-refractivity contribution < 1.29 is 9.50 Å². The Balaban J connectivity index is 1.86. The van der Waals surface area contributed by atoms with Gasteiger partial charge in [0.15, 0.2) is 0 Å². The van der Waals surface area contributed by atoms with Gasteiger partial charge in [-0.2, -0.15) is 0 Å². The van der Waals surface area contributed by atoms with E-state index >= 15 is 0 Å².